The smallest absolute Gasteiger partial charge is 0.303 e. The first-order valence-corrected chi connectivity index (χ1v) is 8.77. The molecule has 2 atom stereocenters. The van der Waals surface area contributed by atoms with Crippen LogP contribution < -0.4 is 0 Å². The highest BCUT2D eigenvalue weighted by molar-refractivity contribution is 5.67. The lowest BCUT2D eigenvalue weighted by Gasteiger charge is -2.36. The molecule has 1 N–H and O–H groups in total. The molecular weight excluding hydrogens is 266 g/mol. The van der Waals surface area contributed by atoms with Gasteiger partial charge in [0, 0.05) is 19.5 Å². The van der Waals surface area contributed by atoms with E-state index in [4.69, 9.17) is 9.84 Å². The van der Waals surface area contributed by atoms with Crippen molar-refractivity contribution in [3.63, 3.8) is 0 Å². The maximum atomic E-state index is 10.9. The third-order valence-corrected chi connectivity index (χ3v) is 5.63. The Morgan fingerprint density at radius 2 is 1.95 bits per heavy atom. The number of ether oxygens (including phenoxy) is 1. The number of carboxylic acids is 1. The third kappa shape index (κ3) is 3.98. The van der Waals surface area contributed by atoms with Crippen molar-refractivity contribution in [1.29, 1.82) is 0 Å². The predicted molar refractivity (Wildman–Crippen MR) is 81.3 cm³/mol. The molecule has 2 unspecified atom stereocenters. The number of aliphatic carboxylic acids is 1. The van der Waals surface area contributed by atoms with Crippen LogP contribution in [-0.4, -0.2) is 47.3 Å². The fourth-order valence-electron chi connectivity index (χ4n) is 4.61. The molecule has 120 valence electrons. The molecule has 1 saturated carbocycles. The van der Waals surface area contributed by atoms with E-state index >= 15 is 0 Å². The number of carbonyl (C=O) groups is 1. The zero-order valence-corrected chi connectivity index (χ0v) is 13.1. The second-order valence-electron chi connectivity index (χ2n) is 7.39. The Morgan fingerprint density at radius 3 is 2.71 bits per heavy atom. The van der Waals surface area contributed by atoms with Crippen LogP contribution in [0.4, 0.5) is 0 Å². The van der Waals surface area contributed by atoms with Crippen molar-refractivity contribution in [3.8, 4) is 0 Å². The highest BCUT2D eigenvalue weighted by atomic mass is 16.5. The average molecular weight is 295 g/mol. The van der Waals surface area contributed by atoms with Crippen molar-refractivity contribution < 1.29 is 14.6 Å². The van der Waals surface area contributed by atoms with Crippen LogP contribution in [0.1, 0.15) is 64.2 Å². The normalized spacial score (nSPS) is 33.3. The van der Waals surface area contributed by atoms with Crippen molar-refractivity contribution in [2.75, 3.05) is 19.6 Å². The van der Waals surface area contributed by atoms with Gasteiger partial charge >= 0.3 is 5.97 Å². The molecule has 3 fully saturated rings. The summed E-state index contributed by atoms with van der Waals surface area (Å²) in [6, 6.07) is 0. The Morgan fingerprint density at radius 1 is 1.14 bits per heavy atom. The van der Waals surface area contributed by atoms with Gasteiger partial charge in [0.2, 0.25) is 0 Å². The average Bonchev–Trinajstić information content (AvgIpc) is 2.82. The molecule has 0 bridgehead atoms. The van der Waals surface area contributed by atoms with Crippen LogP contribution in [0.2, 0.25) is 0 Å². The van der Waals surface area contributed by atoms with Crippen molar-refractivity contribution in [1.82, 2.24) is 4.90 Å². The largest absolute Gasteiger partial charge is 0.481 e. The van der Waals surface area contributed by atoms with Crippen molar-refractivity contribution in [2.24, 2.45) is 5.92 Å². The van der Waals surface area contributed by atoms with Crippen LogP contribution in [0.25, 0.3) is 0 Å². The number of piperidine rings is 1. The minimum absolute atomic E-state index is 0.208. The second-order valence-corrected chi connectivity index (χ2v) is 7.39. The number of nitrogens with zero attached hydrogens (tertiary/aromatic N) is 1. The Bertz CT molecular complexity index is 365. The Balaban J connectivity index is 1.47. The van der Waals surface area contributed by atoms with E-state index in [0.717, 1.165) is 32.5 Å². The molecule has 3 aliphatic rings. The fraction of sp³-hybridized carbons (Fsp3) is 0.941. The third-order valence-electron chi connectivity index (χ3n) is 5.63. The fourth-order valence-corrected chi connectivity index (χ4v) is 4.61. The zero-order valence-electron chi connectivity index (χ0n) is 13.1. The van der Waals surface area contributed by atoms with Gasteiger partial charge in [0.25, 0.3) is 0 Å². The molecule has 0 aromatic heterocycles. The minimum Gasteiger partial charge on any atom is -0.481 e. The van der Waals surface area contributed by atoms with E-state index in [0.29, 0.717) is 18.4 Å². The maximum absolute atomic E-state index is 10.9. The summed E-state index contributed by atoms with van der Waals surface area (Å²) in [5.41, 5.74) is 0.208. The topological polar surface area (TPSA) is 49.8 Å². The standard InChI is InChI=1S/C17H29NO3/c19-16(20)11-14-5-4-10-18(12-14)13-15-6-9-17(21-15)7-2-1-3-8-17/h14-15H,1-13H2,(H,19,20). The monoisotopic (exact) mass is 295 g/mol. The van der Waals surface area contributed by atoms with Crippen LogP contribution in [0.15, 0.2) is 0 Å². The maximum Gasteiger partial charge on any atom is 0.303 e. The lowest BCUT2D eigenvalue weighted by atomic mass is 9.83. The molecule has 2 heterocycles. The van der Waals surface area contributed by atoms with Crippen LogP contribution in [0.5, 0.6) is 0 Å². The number of hydrogen-bond acceptors (Lipinski definition) is 3. The number of likely N-dealkylation sites (tertiary alicyclic amines) is 1. The van der Waals surface area contributed by atoms with Gasteiger partial charge in [0.05, 0.1) is 11.7 Å². The lowest BCUT2D eigenvalue weighted by molar-refractivity contribution is -0.138. The molecule has 0 aromatic carbocycles. The molecule has 3 rings (SSSR count). The summed E-state index contributed by atoms with van der Waals surface area (Å²) < 4.78 is 6.45. The summed E-state index contributed by atoms with van der Waals surface area (Å²) >= 11 is 0. The molecule has 0 aromatic rings. The summed E-state index contributed by atoms with van der Waals surface area (Å²) in [7, 11) is 0. The number of hydrogen-bond donors (Lipinski definition) is 1. The van der Waals surface area contributed by atoms with E-state index in [-0.39, 0.29) is 5.60 Å². The van der Waals surface area contributed by atoms with E-state index in [1.165, 1.54) is 44.9 Å². The van der Waals surface area contributed by atoms with E-state index < -0.39 is 5.97 Å². The summed E-state index contributed by atoms with van der Waals surface area (Å²) in [5, 5.41) is 8.96. The molecule has 4 heteroatoms. The van der Waals surface area contributed by atoms with Crippen molar-refractivity contribution in [2.45, 2.75) is 75.9 Å². The van der Waals surface area contributed by atoms with Gasteiger partial charge in [-0.15, -0.1) is 0 Å². The van der Waals surface area contributed by atoms with E-state index in [9.17, 15) is 4.79 Å². The lowest BCUT2D eigenvalue weighted by Crippen LogP contribution is -2.41. The number of carboxylic acid groups (broad SMARTS) is 1. The van der Waals surface area contributed by atoms with Gasteiger partial charge in [-0.1, -0.05) is 19.3 Å². The Labute approximate surface area is 127 Å². The van der Waals surface area contributed by atoms with Gasteiger partial charge in [-0.05, 0) is 51.0 Å². The van der Waals surface area contributed by atoms with Crippen LogP contribution in [0, 0.1) is 5.92 Å². The molecule has 0 radical (unpaired) electrons. The molecule has 2 saturated heterocycles. The van der Waals surface area contributed by atoms with Gasteiger partial charge < -0.3 is 14.7 Å². The second kappa shape index (κ2) is 6.66. The quantitative estimate of drug-likeness (QED) is 0.866. The molecule has 1 spiro atoms. The van der Waals surface area contributed by atoms with Crippen LogP contribution >= 0.6 is 0 Å². The molecule has 21 heavy (non-hydrogen) atoms. The predicted octanol–water partition coefficient (Wildman–Crippen LogP) is 3.06. The zero-order chi connectivity index (χ0) is 14.7. The molecule has 1 aliphatic carbocycles. The first kappa shape index (κ1) is 15.3. The van der Waals surface area contributed by atoms with Gasteiger partial charge in [0.15, 0.2) is 0 Å². The Hall–Kier alpha value is -0.610. The first-order chi connectivity index (χ1) is 10.2. The summed E-state index contributed by atoms with van der Waals surface area (Å²) in [6.45, 7) is 3.07. The van der Waals surface area contributed by atoms with Gasteiger partial charge in [-0.25, -0.2) is 0 Å². The molecule has 2 aliphatic heterocycles. The summed E-state index contributed by atoms with van der Waals surface area (Å²) in [5.74, 6) is -0.318. The highest BCUT2D eigenvalue weighted by Gasteiger charge is 2.41. The van der Waals surface area contributed by atoms with Crippen molar-refractivity contribution >= 4 is 5.97 Å². The van der Waals surface area contributed by atoms with E-state index in [1.807, 2.05) is 0 Å². The summed E-state index contributed by atoms with van der Waals surface area (Å²) in [6.07, 6.45) is 11.9. The van der Waals surface area contributed by atoms with Gasteiger partial charge in [-0.3, -0.25) is 4.79 Å². The van der Waals surface area contributed by atoms with Gasteiger partial charge in [0.1, 0.15) is 0 Å². The summed E-state index contributed by atoms with van der Waals surface area (Å²) in [4.78, 5) is 13.3. The molecule has 0 amide bonds. The first-order valence-electron chi connectivity index (χ1n) is 8.77. The van der Waals surface area contributed by atoms with Crippen molar-refractivity contribution in [3.05, 3.63) is 0 Å². The minimum atomic E-state index is -0.653. The van der Waals surface area contributed by atoms with Crippen LogP contribution in [0.3, 0.4) is 0 Å². The van der Waals surface area contributed by atoms with Gasteiger partial charge in [-0.2, -0.15) is 0 Å². The van der Waals surface area contributed by atoms with Crippen LogP contribution in [-0.2, 0) is 9.53 Å². The SMILES string of the molecule is O=C(O)CC1CCCN(CC2CCC3(CCCCC3)O2)C1. The molecule has 4 nitrogen and oxygen atoms in total. The van der Waals surface area contributed by atoms with E-state index in [1.54, 1.807) is 0 Å². The molecular formula is C17H29NO3. The number of rotatable bonds is 4. The highest BCUT2D eigenvalue weighted by Crippen LogP contribution is 2.42. The Kier molecular flexibility index (Phi) is 4.85. The van der Waals surface area contributed by atoms with E-state index in [2.05, 4.69) is 4.90 Å².